The fourth-order valence-electron chi connectivity index (χ4n) is 3.16. The maximum atomic E-state index is 12.9. The summed E-state index contributed by atoms with van der Waals surface area (Å²) < 4.78 is 32.3. The first-order valence-corrected chi connectivity index (χ1v) is 12.3. The van der Waals surface area contributed by atoms with Crippen molar-refractivity contribution in [3.63, 3.8) is 0 Å². The Morgan fingerprint density at radius 2 is 1.76 bits per heavy atom. The first-order chi connectivity index (χ1) is 13.7. The highest BCUT2D eigenvalue weighted by atomic mass is 35.5. The van der Waals surface area contributed by atoms with Gasteiger partial charge in [0.1, 0.15) is 4.90 Å². The minimum absolute atomic E-state index is 0.00296. The van der Waals surface area contributed by atoms with Gasteiger partial charge in [-0.25, -0.2) is 8.42 Å². The molecule has 1 aromatic carbocycles. The van der Waals surface area contributed by atoms with Gasteiger partial charge in [0.2, 0.25) is 10.0 Å². The van der Waals surface area contributed by atoms with E-state index in [1.807, 2.05) is 0 Å². The van der Waals surface area contributed by atoms with Crippen molar-refractivity contribution in [3.05, 3.63) is 27.7 Å². The van der Waals surface area contributed by atoms with Gasteiger partial charge in [-0.3, -0.25) is 4.79 Å². The summed E-state index contributed by atoms with van der Waals surface area (Å²) in [5, 5.41) is 2.96. The van der Waals surface area contributed by atoms with E-state index >= 15 is 0 Å². The van der Waals surface area contributed by atoms with Gasteiger partial charge in [-0.1, -0.05) is 62.7 Å². The first-order valence-electron chi connectivity index (χ1n) is 10.1. The number of hydrogen-bond acceptors (Lipinski definition) is 4. The molecule has 2 rings (SSSR count). The number of benzene rings is 1. The summed E-state index contributed by atoms with van der Waals surface area (Å²) in [6.45, 7) is 6.10. The highest BCUT2D eigenvalue weighted by Gasteiger charge is 2.30. The fraction of sp³-hybridized carbons (Fsp3) is 0.650. The van der Waals surface area contributed by atoms with Crippen LogP contribution in [0.25, 0.3) is 0 Å². The van der Waals surface area contributed by atoms with Crippen LogP contribution in [0, 0.1) is 5.92 Å². The van der Waals surface area contributed by atoms with E-state index in [1.54, 1.807) is 0 Å². The molecular formula is C20H30Cl2N2O4S. The molecule has 0 saturated carbocycles. The van der Waals surface area contributed by atoms with E-state index in [9.17, 15) is 13.2 Å². The molecule has 1 aliphatic rings. The van der Waals surface area contributed by atoms with Gasteiger partial charge in [-0.05, 0) is 24.5 Å². The Bertz CT molecular complexity index is 794. The Morgan fingerprint density at radius 3 is 2.41 bits per heavy atom. The van der Waals surface area contributed by atoms with Gasteiger partial charge >= 0.3 is 0 Å². The predicted octanol–water partition coefficient (Wildman–Crippen LogP) is 4.35. The molecule has 1 N–H and O–H groups in total. The third-order valence-corrected chi connectivity index (χ3v) is 7.52. The molecule has 1 heterocycles. The number of carbonyl (C=O) groups excluding carboxylic acids is 1. The van der Waals surface area contributed by atoms with Crippen molar-refractivity contribution in [2.75, 3.05) is 32.8 Å². The lowest BCUT2D eigenvalue weighted by atomic mass is 10.0. The first kappa shape index (κ1) is 24.4. The van der Waals surface area contributed by atoms with Crippen LogP contribution in [0.5, 0.6) is 0 Å². The van der Waals surface area contributed by atoms with Crippen molar-refractivity contribution in [2.24, 2.45) is 5.92 Å². The van der Waals surface area contributed by atoms with Crippen LogP contribution in [0.4, 0.5) is 0 Å². The van der Waals surface area contributed by atoms with Gasteiger partial charge in [0.15, 0.2) is 0 Å². The Balaban J connectivity index is 2.00. The topological polar surface area (TPSA) is 75.7 Å². The number of ether oxygens (including phenoxy) is 1. The predicted molar refractivity (Wildman–Crippen MR) is 116 cm³/mol. The zero-order valence-electron chi connectivity index (χ0n) is 17.0. The number of morpholine rings is 1. The van der Waals surface area contributed by atoms with Crippen LogP contribution in [0.2, 0.25) is 10.0 Å². The maximum Gasteiger partial charge on any atom is 0.252 e. The third kappa shape index (κ3) is 7.10. The van der Waals surface area contributed by atoms with Crippen molar-refractivity contribution in [3.8, 4) is 0 Å². The molecule has 1 aromatic rings. The number of carbonyl (C=O) groups is 1. The van der Waals surface area contributed by atoms with Gasteiger partial charge in [-0.15, -0.1) is 0 Å². The Kier molecular flexibility index (Phi) is 9.69. The van der Waals surface area contributed by atoms with Crippen LogP contribution in [0.15, 0.2) is 17.0 Å². The number of amides is 1. The van der Waals surface area contributed by atoms with Crippen LogP contribution < -0.4 is 5.32 Å². The molecule has 1 fully saturated rings. The normalized spacial score (nSPS) is 15.6. The average Bonchev–Trinajstić information content (AvgIpc) is 2.67. The molecule has 0 spiro atoms. The van der Waals surface area contributed by atoms with E-state index < -0.39 is 15.9 Å². The molecule has 164 valence electrons. The summed E-state index contributed by atoms with van der Waals surface area (Å²) in [6.07, 6.45) is 5.45. The summed E-state index contributed by atoms with van der Waals surface area (Å²) in [5.41, 5.74) is 0.114. The van der Waals surface area contributed by atoms with Crippen LogP contribution in [-0.4, -0.2) is 51.5 Å². The second-order valence-corrected chi connectivity index (χ2v) is 10.4. The highest BCUT2D eigenvalue weighted by molar-refractivity contribution is 7.89. The molecule has 1 saturated heterocycles. The monoisotopic (exact) mass is 464 g/mol. The average molecular weight is 465 g/mol. The van der Waals surface area contributed by atoms with E-state index in [1.165, 1.54) is 29.3 Å². The molecule has 0 bridgehead atoms. The van der Waals surface area contributed by atoms with Gasteiger partial charge < -0.3 is 10.1 Å². The lowest BCUT2D eigenvalue weighted by Crippen LogP contribution is -2.40. The maximum absolute atomic E-state index is 12.9. The van der Waals surface area contributed by atoms with E-state index in [0.717, 1.165) is 19.3 Å². The van der Waals surface area contributed by atoms with Gasteiger partial charge in [0.05, 0.1) is 28.8 Å². The molecular weight excluding hydrogens is 435 g/mol. The molecule has 29 heavy (non-hydrogen) atoms. The molecule has 1 amide bonds. The van der Waals surface area contributed by atoms with E-state index in [-0.39, 0.29) is 33.6 Å². The molecule has 0 radical (unpaired) electrons. The van der Waals surface area contributed by atoms with E-state index in [4.69, 9.17) is 27.9 Å². The number of halogens is 2. The number of nitrogens with zero attached hydrogens (tertiary/aromatic N) is 1. The van der Waals surface area contributed by atoms with E-state index in [0.29, 0.717) is 25.7 Å². The molecule has 0 aromatic heterocycles. The standard InChI is InChI=1S/C20H30Cl2N2O4S/c1-15(2)7-5-3-4-6-8-23-20(25)16-13-19(18(22)14-17(16)21)29(26,27)24-9-11-28-12-10-24/h13-15H,3-12H2,1-2H3,(H,23,25). The zero-order valence-corrected chi connectivity index (χ0v) is 19.4. The van der Waals surface area contributed by atoms with Crippen LogP contribution in [0.1, 0.15) is 56.3 Å². The minimum Gasteiger partial charge on any atom is -0.379 e. The van der Waals surface area contributed by atoms with Crippen LogP contribution >= 0.6 is 23.2 Å². The third-order valence-electron chi connectivity index (χ3n) is 4.85. The van der Waals surface area contributed by atoms with Gasteiger partial charge in [0, 0.05) is 19.6 Å². The fourth-order valence-corrected chi connectivity index (χ4v) is 5.40. The SMILES string of the molecule is CC(C)CCCCCCNC(=O)c1cc(S(=O)(=O)N2CCOCC2)c(Cl)cc1Cl. The minimum atomic E-state index is -3.83. The van der Waals surface area contributed by atoms with Gasteiger partial charge in [0.25, 0.3) is 5.91 Å². The number of rotatable bonds is 10. The van der Waals surface area contributed by atoms with Gasteiger partial charge in [-0.2, -0.15) is 4.31 Å². The second kappa shape index (κ2) is 11.5. The Labute approximate surface area is 183 Å². The quantitative estimate of drug-likeness (QED) is 0.522. The lowest BCUT2D eigenvalue weighted by Gasteiger charge is -2.26. The van der Waals surface area contributed by atoms with Crippen molar-refractivity contribution < 1.29 is 17.9 Å². The highest BCUT2D eigenvalue weighted by Crippen LogP contribution is 2.31. The number of sulfonamides is 1. The van der Waals surface area contributed by atoms with E-state index in [2.05, 4.69) is 19.2 Å². The lowest BCUT2D eigenvalue weighted by molar-refractivity contribution is 0.0730. The molecule has 1 aliphatic heterocycles. The molecule has 0 aliphatic carbocycles. The summed E-state index contributed by atoms with van der Waals surface area (Å²) in [6, 6.07) is 2.59. The van der Waals surface area contributed by atoms with Crippen molar-refractivity contribution in [1.82, 2.24) is 9.62 Å². The molecule has 0 unspecified atom stereocenters. The number of unbranched alkanes of at least 4 members (excludes halogenated alkanes) is 3. The number of nitrogens with one attached hydrogen (secondary N) is 1. The van der Waals surface area contributed by atoms with Crippen molar-refractivity contribution in [2.45, 2.75) is 50.8 Å². The molecule has 9 heteroatoms. The largest absolute Gasteiger partial charge is 0.379 e. The summed E-state index contributed by atoms with van der Waals surface area (Å²) in [7, 11) is -3.83. The Hall–Kier alpha value is -0.860. The smallest absolute Gasteiger partial charge is 0.252 e. The Morgan fingerprint density at radius 1 is 1.10 bits per heavy atom. The number of hydrogen-bond donors (Lipinski definition) is 1. The van der Waals surface area contributed by atoms with Crippen LogP contribution in [0.3, 0.4) is 0 Å². The second-order valence-electron chi connectivity index (χ2n) is 7.63. The van der Waals surface area contributed by atoms with Crippen molar-refractivity contribution >= 4 is 39.1 Å². The molecule has 0 atom stereocenters. The summed E-state index contributed by atoms with van der Waals surface area (Å²) in [4.78, 5) is 12.4. The summed E-state index contributed by atoms with van der Waals surface area (Å²) in [5.74, 6) is 0.317. The summed E-state index contributed by atoms with van der Waals surface area (Å²) >= 11 is 12.3. The van der Waals surface area contributed by atoms with Crippen LogP contribution in [-0.2, 0) is 14.8 Å². The van der Waals surface area contributed by atoms with Crippen molar-refractivity contribution in [1.29, 1.82) is 0 Å². The molecule has 6 nitrogen and oxygen atoms in total. The zero-order chi connectivity index (χ0) is 21.4.